The van der Waals surface area contributed by atoms with Gasteiger partial charge in [-0.25, -0.2) is 0 Å². The van der Waals surface area contributed by atoms with Crippen molar-refractivity contribution in [1.82, 2.24) is 5.32 Å². The number of hydrogen-bond donors (Lipinski definition) is 5. The van der Waals surface area contributed by atoms with E-state index in [1.807, 2.05) is 0 Å². The molecule has 4 atom stereocenters. The van der Waals surface area contributed by atoms with Crippen molar-refractivity contribution in [2.24, 2.45) is 0 Å². The van der Waals surface area contributed by atoms with E-state index in [4.69, 9.17) is 0 Å². The summed E-state index contributed by atoms with van der Waals surface area (Å²) in [7, 11) is 0. The van der Waals surface area contributed by atoms with Crippen LogP contribution in [0.25, 0.3) is 0 Å². The molecule has 52 heavy (non-hydrogen) atoms. The largest absolute Gasteiger partial charge is 0.394 e. The van der Waals surface area contributed by atoms with Gasteiger partial charge in [0.25, 0.3) is 0 Å². The number of amides is 1. The summed E-state index contributed by atoms with van der Waals surface area (Å²) in [6, 6.07) is -1.02. The second-order valence-corrected chi connectivity index (χ2v) is 15.0. The van der Waals surface area contributed by atoms with Crippen LogP contribution in [-0.2, 0) is 4.79 Å². The van der Waals surface area contributed by atoms with Crippen molar-refractivity contribution in [3.05, 3.63) is 48.6 Å². The van der Waals surface area contributed by atoms with E-state index < -0.39 is 36.9 Å². The maximum absolute atomic E-state index is 12.4. The lowest BCUT2D eigenvalue weighted by Gasteiger charge is -2.27. The maximum Gasteiger partial charge on any atom is 0.249 e. The Balaban J connectivity index is 3.76. The Hall–Kier alpha value is -1.73. The number of rotatable bonds is 39. The van der Waals surface area contributed by atoms with Crippen LogP contribution in [0.5, 0.6) is 0 Å². The first-order valence-electron chi connectivity index (χ1n) is 22.0. The Morgan fingerprint density at radius 3 is 1.27 bits per heavy atom. The van der Waals surface area contributed by atoms with E-state index in [1.54, 1.807) is 0 Å². The molecule has 0 aliphatic carbocycles. The van der Waals surface area contributed by atoms with Gasteiger partial charge in [0.05, 0.1) is 18.8 Å². The summed E-state index contributed by atoms with van der Waals surface area (Å²) in [6.45, 7) is 3.96. The SMILES string of the molecule is CCCC/C=C\CCCCCC(O)C(=O)NC(CO)C(O)C(O)CCC/C=C/CC/C=C/CC/C=C/CCCCCCCCCCCCCCCC. The Labute approximate surface area is 321 Å². The number of carbonyl (C=O) groups is 1. The zero-order valence-corrected chi connectivity index (χ0v) is 34.0. The zero-order chi connectivity index (χ0) is 38.2. The molecule has 6 heteroatoms. The number of nitrogens with one attached hydrogen (secondary N) is 1. The van der Waals surface area contributed by atoms with Gasteiger partial charge < -0.3 is 25.7 Å². The molecule has 0 heterocycles. The first kappa shape index (κ1) is 50.3. The molecule has 6 nitrogen and oxygen atoms in total. The Morgan fingerprint density at radius 2 is 0.827 bits per heavy atom. The molecule has 0 aliphatic heterocycles. The third-order valence-electron chi connectivity index (χ3n) is 9.97. The lowest BCUT2D eigenvalue weighted by atomic mass is 10.00. The highest BCUT2D eigenvalue weighted by Gasteiger charge is 2.28. The lowest BCUT2D eigenvalue weighted by Crippen LogP contribution is -2.53. The summed E-state index contributed by atoms with van der Waals surface area (Å²) >= 11 is 0. The molecule has 0 rings (SSSR count). The molecule has 0 saturated carbocycles. The summed E-state index contributed by atoms with van der Waals surface area (Å²) in [5.41, 5.74) is 0. The van der Waals surface area contributed by atoms with Crippen LogP contribution in [0.15, 0.2) is 48.6 Å². The van der Waals surface area contributed by atoms with Crippen LogP contribution in [0.1, 0.15) is 206 Å². The fourth-order valence-corrected chi connectivity index (χ4v) is 6.42. The number of aliphatic hydroxyl groups excluding tert-OH is 4. The van der Waals surface area contributed by atoms with Crippen LogP contribution in [0.3, 0.4) is 0 Å². The molecule has 1 amide bonds. The van der Waals surface area contributed by atoms with Crippen LogP contribution in [0.2, 0.25) is 0 Å². The minimum atomic E-state index is -1.30. The fourth-order valence-electron chi connectivity index (χ4n) is 6.42. The fraction of sp³-hybridized carbons (Fsp3) is 0.804. The van der Waals surface area contributed by atoms with Gasteiger partial charge in [-0.05, 0) is 83.5 Å². The van der Waals surface area contributed by atoms with E-state index in [0.29, 0.717) is 19.3 Å². The summed E-state index contributed by atoms with van der Waals surface area (Å²) in [5.74, 6) is -0.617. The Morgan fingerprint density at radius 1 is 0.462 bits per heavy atom. The van der Waals surface area contributed by atoms with Crippen molar-refractivity contribution in [2.75, 3.05) is 6.61 Å². The molecule has 0 bridgehead atoms. The van der Waals surface area contributed by atoms with Crippen LogP contribution in [-0.4, -0.2) is 57.3 Å². The highest BCUT2D eigenvalue weighted by atomic mass is 16.3. The van der Waals surface area contributed by atoms with Gasteiger partial charge in [0.15, 0.2) is 0 Å². The summed E-state index contributed by atoms with van der Waals surface area (Å²) in [5, 5.41) is 43.4. The molecule has 0 spiro atoms. The van der Waals surface area contributed by atoms with Gasteiger partial charge in [-0.1, -0.05) is 172 Å². The molecular weight excluding hydrogens is 647 g/mol. The molecule has 0 aromatic rings. The number of carbonyl (C=O) groups excluding carboxylic acids is 1. The minimum absolute atomic E-state index is 0.335. The molecule has 0 radical (unpaired) electrons. The van der Waals surface area contributed by atoms with Gasteiger partial charge in [-0.3, -0.25) is 4.79 Å². The molecule has 0 aromatic carbocycles. The maximum atomic E-state index is 12.4. The minimum Gasteiger partial charge on any atom is -0.394 e. The Kier molecular flexibility index (Phi) is 39.1. The van der Waals surface area contributed by atoms with Crippen molar-refractivity contribution in [3.8, 4) is 0 Å². The molecule has 0 aliphatic rings. The van der Waals surface area contributed by atoms with E-state index in [1.165, 1.54) is 109 Å². The highest BCUT2D eigenvalue weighted by molar-refractivity contribution is 5.80. The van der Waals surface area contributed by atoms with Gasteiger partial charge in [0.1, 0.15) is 12.2 Å². The van der Waals surface area contributed by atoms with E-state index >= 15 is 0 Å². The second-order valence-electron chi connectivity index (χ2n) is 15.0. The van der Waals surface area contributed by atoms with Gasteiger partial charge in [-0.15, -0.1) is 0 Å². The van der Waals surface area contributed by atoms with E-state index in [9.17, 15) is 25.2 Å². The van der Waals surface area contributed by atoms with Crippen molar-refractivity contribution in [3.63, 3.8) is 0 Å². The first-order chi connectivity index (χ1) is 25.5. The predicted molar refractivity (Wildman–Crippen MR) is 223 cm³/mol. The highest BCUT2D eigenvalue weighted by Crippen LogP contribution is 2.14. The second kappa shape index (κ2) is 40.5. The van der Waals surface area contributed by atoms with Crippen LogP contribution in [0.4, 0.5) is 0 Å². The molecule has 0 saturated heterocycles. The molecule has 5 N–H and O–H groups in total. The molecule has 0 aromatic heterocycles. The van der Waals surface area contributed by atoms with Crippen molar-refractivity contribution >= 4 is 5.91 Å². The third kappa shape index (κ3) is 34.1. The number of hydrogen-bond acceptors (Lipinski definition) is 5. The number of unbranched alkanes of at least 4 members (excludes halogenated alkanes) is 22. The van der Waals surface area contributed by atoms with Crippen molar-refractivity contribution in [2.45, 2.75) is 231 Å². The van der Waals surface area contributed by atoms with Crippen molar-refractivity contribution in [1.29, 1.82) is 0 Å². The monoisotopic (exact) mass is 732 g/mol. The summed E-state index contributed by atoms with van der Waals surface area (Å²) in [4.78, 5) is 12.4. The quantitative estimate of drug-likeness (QED) is 0.0319. The van der Waals surface area contributed by atoms with Crippen LogP contribution < -0.4 is 5.32 Å². The summed E-state index contributed by atoms with van der Waals surface area (Å²) < 4.78 is 0. The predicted octanol–water partition coefficient (Wildman–Crippen LogP) is 11.5. The lowest BCUT2D eigenvalue weighted by molar-refractivity contribution is -0.132. The molecule has 4 unspecified atom stereocenters. The first-order valence-corrected chi connectivity index (χ1v) is 22.0. The topological polar surface area (TPSA) is 110 Å². The number of aliphatic hydroxyl groups is 4. The molecule has 304 valence electrons. The number of allylic oxidation sites excluding steroid dienone is 8. The average Bonchev–Trinajstić information content (AvgIpc) is 3.15. The Bertz CT molecular complexity index is 869. The van der Waals surface area contributed by atoms with E-state index in [2.05, 4.69) is 67.8 Å². The van der Waals surface area contributed by atoms with Gasteiger partial charge in [0.2, 0.25) is 5.91 Å². The standard InChI is InChI=1S/C46H85NO5/c1-3-5-7-9-11-13-14-15-16-17-18-19-20-21-22-23-24-25-26-27-28-29-30-32-33-35-37-39-43(49)45(51)42(41-48)47-46(52)44(50)40-38-36-34-31-12-10-8-6-4-2/h10,12,23-24,27-28,32-33,42-45,48-51H,3-9,11,13-22,25-26,29-31,34-41H2,1-2H3,(H,47,52)/b12-10-,24-23+,28-27+,33-32+. The smallest absolute Gasteiger partial charge is 0.249 e. The molecular formula is C46H85NO5. The van der Waals surface area contributed by atoms with E-state index in [-0.39, 0.29) is 0 Å². The van der Waals surface area contributed by atoms with Crippen LogP contribution >= 0.6 is 0 Å². The summed E-state index contributed by atoms with van der Waals surface area (Å²) in [6.07, 6.45) is 48.9. The normalized spacial score (nSPS) is 14.7. The van der Waals surface area contributed by atoms with Gasteiger partial charge >= 0.3 is 0 Å². The molecule has 0 fully saturated rings. The average molecular weight is 732 g/mol. The van der Waals surface area contributed by atoms with Gasteiger partial charge in [-0.2, -0.15) is 0 Å². The van der Waals surface area contributed by atoms with Crippen molar-refractivity contribution < 1.29 is 25.2 Å². The van der Waals surface area contributed by atoms with Gasteiger partial charge in [0, 0.05) is 0 Å². The third-order valence-corrected chi connectivity index (χ3v) is 9.97. The van der Waals surface area contributed by atoms with E-state index in [0.717, 1.165) is 64.2 Å². The zero-order valence-electron chi connectivity index (χ0n) is 34.0. The van der Waals surface area contributed by atoms with Crippen LogP contribution in [0, 0.1) is 0 Å².